The minimum absolute atomic E-state index is 0.0169. The topological polar surface area (TPSA) is 375 Å². The van der Waals surface area contributed by atoms with E-state index in [-0.39, 0.29) is 114 Å². The van der Waals surface area contributed by atoms with E-state index in [1.54, 1.807) is 24.3 Å². The number of phenolic OH excluding ortho intramolecular Hbond substituents is 2. The highest BCUT2D eigenvalue weighted by Crippen LogP contribution is 2.25. The molecule has 25 heteroatoms. The summed E-state index contributed by atoms with van der Waals surface area (Å²) in [5, 5.41) is 43.5. The van der Waals surface area contributed by atoms with E-state index in [1.807, 2.05) is 20.1 Å². The highest BCUT2D eigenvalue weighted by Gasteiger charge is 2.44. The van der Waals surface area contributed by atoms with Crippen molar-refractivity contribution >= 4 is 70.9 Å². The number of amides is 8. The number of benzene rings is 2. The van der Waals surface area contributed by atoms with Gasteiger partial charge in [-0.2, -0.15) is 11.8 Å². The van der Waals surface area contributed by atoms with Crippen LogP contribution in [0.4, 0.5) is 0 Å². The molecule has 5 rings (SSSR count). The Morgan fingerprint density at radius 1 is 0.623 bits per heavy atom. The van der Waals surface area contributed by atoms with Gasteiger partial charge >= 0.3 is 5.97 Å². The molecule has 24 nitrogen and oxygen atoms in total. The predicted molar refractivity (Wildman–Crippen MR) is 287 cm³/mol. The summed E-state index contributed by atoms with van der Waals surface area (Å²) >= 11 is 1.42. The van der Waals surface area contributed by atoms with Gasteiger partial charge in [0.05, 0.1) is 6.54 Å². The molecule has 3 heterocycles. The van der Waals surface area contributed by atoms with Crippen molar-refractivity contribution in [2.45, 2.75) is 139 Å². The van der Waals surface area contributed by atoms with Crippen LogP contribution in [0.25, 0.3) is 0 Å². The molecule has 8 unspecified atom stereocenters. The second kappa shape index (κ2) is 29.4. The lowest BCUT2D eigenvalue weighted by atomic mass is 10.0. The normalized spacial score (nSPS) is 19.1. The molecular weight excluding hydrogens is 1020 g/mol. The van der Waals surface area contributed by atoms with E-state index >= 15 is 0 Å². The number of thioether (sulfide) groups is 1. The van der Waals surface area contributed by atoms with Crippen molar-refractivity contribution in [1.82, 2.24) is 41.3 Å². The van der Waals surface area contributed by atoms with Gasteiger partial charge < -0.3 is 73.8 Å². The molecule has 8 amide bonds. The average Bonchev–Trinajstić information content (AvgIpc) is 4.21. The Morgan fingerprint density at radius 3 is 1.47 bits per heavy atom. The maximum atomic E-state index is 14.9. The Morgan fingerprint density at radius 2 is 1.05 bits per heavy atom. The van der Waals surface area contributed by atoms with E-state index in [1.165, 1.54) is 50.7 Å². The van der Waals surface area contributed by atoms with Crippen molar-refractivity contribution in [3.8, 4) is 11.5 Å². The average molecular weight is 1090 g/mol. The highest BCUT2D eigenvalue weighted by molar-refractivity contribution is 7.98. The molecular formula is C52H76N12O12S. The number of rotatable bonds is 27. The lowest BCUT2D eigenvalue weighted by Crippen LogP contribution is -2.60. The zero-order valence-corrected chi connectivity index (χ0v) is 44.8. The number of aromatic hydroxyl groups is 2. The molecule has 3 saturated heterocycles. The third-order valence-corrected chi connectivity index (χ3v) is 14.5. The summed E-state index contributed by atoms with van der Waals surface area (Å²) < 4.78 is 0. The Balaban J connectivity index is 1.32. The summed E-state index contributed by atoms with van der Waals surface area (Å²) in [5.41, 5.74) is 17.5. The van der Waals surface area contributed by atoms with Crippen LogP contribution in [0, 0.1) is 5.92 Å². The molecule has 0 aromatic heterocycles. The number of aliphatic imine (C=N–C) groups is 1. The van der Waals surface area contributed by atoms with Crippen molar-refractivity contribution in [3.63, 3.8) is 0 Å². The third-order valence-electron chi connectivity index (χ3n) is 13.8. The Bertz CT molecular complexity index is 2430. The van der Waals surface area contributed by atoms with Crippen LogP contribution in [0.5, 0.6) is 11.5 Å². The molecule has 2 aromatic rings. The molecule has 3 aliphatic rings. The molecule has 77 heavy (non-hydrogen) atoms. The smallest absolute Gasteiger partial charge is 0.326 e. The number of carbonyl (C=O) groups excluding carboxylic acids is 8. The first-order valence-corrected chi connectivity index (χ1v) is 27.6. The van der Waals surface area contributed by atoms with Crippen LogP contribution < -0.4 is 43.8 Å². The van der Waals surface area contributed by atoms with Crippen LogP contribution in [0.3, 0.4) is 0 Å². The van der Waals surface area contributed by atoms with Gasteiger partial charge in [-0.05, 0) is 118 Å². The number of nitrogens with one attached hydrogen (secondary N) is 5. The third kappa shape index (κ3) is 17.7. The second-order valence-electron chi connectivity index (χ2n) is 20.1. The number of aliphatic carboxylic acids is 1. The van der Waals surface area contributed by atoms with E-state index in [0.717, 1.165) is 0 Å². The Labute approximate surface area is 452 Å². The monoisotopic (exact) mass is 1090 g/mol. The molecule has 3 fully saturated rings. The van der Waals surface area contributed by atoms with Gasteiger partial charge in [0.25, 0.3) is 0 Å². The summed E-state index contributed by atoms with van der Waals surface area (Å²) in [6.45, 7) is 4.01. The lowest BCUT2D eigenvalue weighted by molar-refractivity contribution is -0.146. The maximum Gasteiger partial charge on any atom is 0.326 e. The first-order chi connectivity index (χ1) is 36.7. The van der Waals surface area contributed by atoms with E-state index in [9.17, 15) is 58.5 Å². The molecule has 0 radical (unpaired) electrons. The standard InChI is InChI=1S/C52H76N12O12S/c1-30(2)26-37(48(72)62-22-6-10-41(62)46(70)59-36(51(75)76)8-4-21-56-52(54)55)61-47(71)42-11-7-24-64(42)50(74)39(28-32-14-18-34(66)19-15-32)60-44(68)35(20-25-77-3)58-45(69)40-9-5-23-63(40)49(73)38(57-43(67)29-53)27-31-12-16-33(65)17-13-31/h12-19,30,35-42,65-66H,4-11,20-29,53H2,1-3H3,(H,57,67)(H,58,69)(H,59,70)(H,60,68)(H,61,71)(H,75,76)(H4,54,55,56). The summed E-state index contributed by atoms with van der Waals surface area (Å²) in [5.74, 6) is -5.97. The van der Waals surface area contributed by atoms with Gasteiger partial charge in [-0.3, -0.25) is 43.3 Å². The molecule has 8 atom stereocenters. The Kier molecular flexibility index (Phi) is 23.2. The molecule has 2 aromatic carbocycles. The van der Waals surface area contributed by atoms with Crippen LogP contribution in [0.2, 0.25) is 0 Å². The number of likely N-dealkylation sites (tertiary alicyclic amines) is 3. The number of nitrogens with two attached hydrogens (primary N) is 3. The molecule has 0 aliphatic carbocycles. The van der Waals surface area contributed by atoms with E-state index < -0.39 is 102 Å². The minimum atomic E-state index is -1.29. The minimum Gasteiger partial charge on any atom is -0.508 e. The fourth-order valence-corrected chi connectivity index (χ4v) is 10.4. The predicted octanol–water partition coefficient (Wildman–Crippen LogP) is -0.824. The summed E-state index contributed by atoms with van der Waals surface area (Å²) in [6.07, 6.45) is 4.48. The maximum absolute atomic E-state index is 14.9. The van der Waals surface area contributed by atoms with Gasteiger partial charge in [0.15, 0.2) is 5.96 Å². The van der Waals surface area contributed by atoms with Crippen molar-refractivity contribution in [3.05, 3.63) is 59.7 Å². The van der Waals surface area contributed by atoms with E-state index in [2.05, 4.69) is 31.6 Å². The number of guanidine groups is 1. The van der Waals surface area contributed by atoms with Crippen LogP contribution >= 0.6 is 11.8 Å². The van der Waals surface area contributed by atoms with Crippen LogP contribution in [0.1, 0.15) is 89.2 Å². The zero-order valence-electron chi connectivity index (χ0n) is 44.0. The fourth-order valence-electron chi connectivity index (χ4n) is 9.93. The number of carbonyl (C=O) groups is 9. The molecule has 0 saturated carbocycles. The number of nitrogens with zero attached hydrogens (tertiary/aromatic N) is 4. The number of carboxylic acids is 1. The number of hydrogen-bond donors (Lipinski definition) is 11. The lowest BCUT2D eigenvalue weighted by Gasteiger charge is -2.33. The first kappa shape index (κ1) is 60.7. The second-order valence-corrected chi connectivity index (χ2v) is 21.1. The molecule has 422 valence electrons. The molecule has 3 aliphatic heterocycles. The van der Waals surface area contributed by atoms with Gasteiger partial charge in [-0.25, -0.2) is 4.79 Å². The van der Waals surface area contributed by atoms with Gasteiger partial charge in [-0.1, -0.05) is 38.1 Å². The van der Waals surface area contributed by atoms with E-state index in [4.69, 9.17) is 17.2 Å². The van der Waals surface area contributed by atoms with Gasteiger partial charge in [0, 0.05) is 39.0 Å². The van der Waals surface area contributed by atoms with Crippen LogP contribution in [-0.2, 0) is 56.0 Å². The summed E-state index contributed by atoms with van der Waals surface area (Å²) in [4.78, 5) is 133. The summed E-state index contributed by atoms with van der Waals surface area (Å²) in [6, 6.07) is 3.13. The van der Waals surface area contributed by atoms with Gasteiger partial charge in [-0.15, -0.1) is 0 Å². The van der Waals surface area contributed by atoms with Crippen molar-refractivity contribution in [1.29, 1.82) is 0 Å². The highest BCUT2D eigenvalue weighted by atomic mass is 32.2. The van der Waals surface area contributed by atoms with Gasteiger partial charge in [0.1, 0.15) is 59.8 Å². The van der Waals surface area contributed by atoms with Crippen molar-refractivity contribution in [2.24, 2.45) is 28.1 Å². The number of carboxylic acid groups (broad SMARTS) is 1. The molecule has 0 spiro atoms. The van der Waals surface area contributed by atoms with Crippen LogP contribution in [0.15, 0.2) is 53.5 Å². The largest absolute Gasteiger partial charge is 0.508 e. The molecule has 0 bridgehead atoms. The fraction of sp³-hybridized carbons (Fsp3) is 0.577. The van der Waals surface area contributed by atoms with Crippen molar-refractivity contribution in [2.75, 3.05) is 44.7 Å². The van der Waals surface area contributed by atoms with E-state index in [0.29, 0.717) is 36.1 Å². The first-order valence-electron chi connectivity index (χ1n) is 26.2. The summed E-state index contributed by atoms with van der Waals surface area (Å²) in [7, 11) is 0. The van der Waals surface area contributed by atoms with Crippen molar-refractivity contribution < 1.29 is 58.5 Å². The van der Waals surface area contributed by atoms with Crippen LogP contribution in [-0.4, -0.2) is 182 Å². The quantitative estimate of drug-likeness (QED) is 0.0296. The van der Waals surface area contributed by atoms with Gasteiger partial charge in [0.2, 0.25) is 47.3 Å². The molecule has 14 N–H and O–H groups in total. The number of phenols is 2. The Hall–Kier alpha value is -7.15. The zero-order chi connectivity index (χ0) is 56.3. The SMILES string of the molecule is CSCCC(NC(=O)C1CCCN1C(=O)C(Cc1ccc(O)cc1)NC(=O)CN)C(=O)NC(Cc1ccc(O)cc1)C(=O)N1CCCC1C(=O)NC(CC(C)C)C(=O)N1CCCC1C(=O)NC(CCCN=C(N)N)C(=O)O. The number of hydrogen-bond acceptors (Lipinski definition) is 14.